The fourth-order valence-electron chi connectivity index (χ4n) is 1.64. The van der Waals surface area contributed by atoms with Gasteiger partial charge in [-0.15, -0.1) is 0 Å². The van der Waals surface area contributed by atoms with Crippen LogP contribution in [0.3, 0.4) is 0 Å². The number of carbonyl (C=O) groups excluding carboxylic acids is 1. The number of halogens is 3. The second-order valence-electron chi connectivity index (χ2n) is 4.24. The third kappa shape index (κ3) is 5.13. The van der Waals surface area contributed by atoms with Crippen LogP contribution in [-0.4, -0.2) is 5.24 Å². The van der Waals surface area contributed by atoms with Crippen molar-refractivity contribution in [3.63, 3.8) is 0 Å². The summed E-state index contributed by atoms with van der Waals surface area (Å²) < 4.78 is 19.4. The fraction of sp³-hybridized carbons (Fsp3) is 0.0625. The molecule has 108 valence electrons. The summed E-state index contributed by atoms with van der Waals surface area (Å²) in [5.74, 6) is 0.465. The molecule has 0 aromatic heterocycles. The third-order valence-electron chi connectivity index (χ3n) is 2.67. The number of ether oxygens (including phenoxy) is 1. The molecule has 5 heteroatoms. The molecule has 0 aliphatic carbocycles. The van der Waals surface area contributed by atoms with Crippen LogP contribution >= 0.6 is 34.2 Å². The summed E-state index contributed by atoms with van der Waals surface area (Å²) in [6, 6.07) is 11.7. The number of benzene rings is 2. The lowest BCUT2D eigenvalue weighted by Crippen LogP contribution is -1.97. The first-order chi connectivity index (χ1) is 10.0. The van der Waals surface area contributed by atoms with Crippen molar-refractivity contribution in [3.8, 4) is 5.75 Å². The first-order valence-corrected chi connectivity index (χ1v) is 7.54. The van der Waals surface area contributed by atoms with E-state index in [0.717, 1.165) is 20.4 Å². The van der Waals surface area contributed by atoms with Crippen molar-refractivity contribution in [1.82, 2.24) is 0 Å². The lowest BCUT2D eigenvalue weighted by Gasteiger charge is -2.09. The van der Waals surface area contributed by atoms with Crippen LogP contribution < -0.4 is 4.74 Å². The highest BCUT2D eigenvalue weighted by Gasteiger charge is 2.03. The lowest BCUT2D eigenvalue weighted by atomic mass is 10.2. The van der Waals surface area contributed by atoms with Gasteiger partial charge in [0.2, 0.25) is 5.24 Å². The van der Waals surface area contributed by atoms with Gasteiger partial charge in [0.15, 0.2) is 0 Å². The molecule has 0 N–H and O–H groups in total. The molecule has 0 aliphatic heterocycles. The van der Waals surface area contributed by atoms with E-state index in [2.05, 4.69) is 22.6 Å². The molecular formula is C16H11ClFIO2. The van der Waals surface area contributed by atoms with Gasteiger partial charge in [0, 0.05) is 0 Å². The summed E-state index contributed by atoms with van der Waals surface area (Å²) in [7, 11) is 0. The lowest BCUT2D eigenvalue weighted by molar-refractivity contribution is -0.107. The molecule has 0 unspecified atom stereocenters. The van der Waals surface area contributed by atoms with Crippen LogP contribution in [0.2, 0.25) is 0 Å². The molecule has 2 nitrogen and oxygen atoms in total. The molecule has 0 atom stereocenters. The van der Waals surface area contributed by atoms with Crippen LogP contribution in [0.15, 0.2) is 48.5 Å². The fourth-order valence-corrected chi connectivity index (χ4v) is 2.40. The van der Waals surface area contributed by atoms with E-state index >= 15 is 0 Å². The molecule has 0 amide bonds. The summed E-state index contributed by atoms with van der Waals surface area (Å²) in [5.41, 5.74) is 1.76. The van der Waals surface area contributed by atoms with Crippen molar-refractivity contribution >= 4 is 45.5 Å². The molecule has 0 aliphatic rings. The van der Waals surface area contributed by atoms with E-state index in [-0.39, 0.29) is 5.82 Å². The number of rotatable bonds is 5. The van der Waals surface area contributed by atoms with Gasteiger partial charge in [-0.05, 0) is 75.7 Å². The maximum atomic E-state index is 12.8. The van der Waals surface area contributed by atoms with Crippen molar-refractivity contribution < 1.29 is 13.9 Å². The first-order valence-electron chi connectivity index (χ1n) is 6.09. The van der Waals surface area contributed by atoms with Gasteiger partial charge in [0.1, 0.15) is 18.2 Å². The van der Waals surface area contributed by atoms with Crippen molar-refractivity contribution in [3.05, 3.63) is 69.1 Å². The molecule has 0 radical (unpaired) electrons. The van der Waals surface area contributed by atoms with Crippen molar-refractivity contribution in [2.75, 3.05) is 0 Å². The Labute approximate surface area is 140 Å². The Kier molecular flexibility index (Phi) is 5.76. The number of hydrogen-bond donors (Lipinski definition) is 0. The van der Waals surface area contributed by atoms with Crippen LogP contribution in [0.4, 0.5) is 4.39 Å². The Hall–Kier alpha value is -1.40. The largest absolute Gasteiger partial charge is 0.488 e. The monoisotopic (exact) mass is 416 g/mol. The van der Waals surface area contributed by atoms with Crippen LogP contribution in [-0.2, 0) is 11.4 Å². The second-order valence-corrected chi connectivity index (χ2v) is 5.78. The van der Waals surface area contributed by atoms with Crippen molar-refractivity contribution in [1.29, 1.82) is 0 Å². The van der Waals surface area contributed by atoms with Gasteiger partial charge in [0.25, 0.3) is 0 Å². The van der Waals surface area contributed by atoms with Gasteiger partial charge in [0.05, 0.1) is 3.57 Å². The van der Waals surface area contributed by atoms with E-state index in [9.17, 15) is 9.18 Å². The summed E-state index contributed by atoms with van der Waals surface area (Å²) in [6.45, 7) is 0.367. The van der Waals surface area contributed by atoms with Gasteiger partial charge in [-0.2, -0.15) is 0 Å². The zero-order valence-corrected chi connectivity index (χ0v) is 13.8. The second kappa shape index (κ2) is 7.56. The highest BCUT2D eigenvalue weighted by molar-refractivity contribution is 14.1. The van der Waals surface area contributed by atoms with Crippen LogP contribution in [0.5, 0.6) is 5.75 Å². The number of carbonyl (C=O) groups is 1. The van der Waals surface area contributed by atoms with E-state index in [0.29, 0.717) is 6.61 Å². The molecular weight excluding hydrogens is 406 g/mol. The quantitative estimate of drug-likeness (QED) is 0.398. The molecule has 2 rings (SSSR count). The number of allylic oxidation sites excluding steroid dienone is 1. The van der Waals surface area contributed by atoms with Gasteiger partial charge in [-0.1, -0.05) is 24.3 Å². The summed E-state index contributed by atoms with van der Waals surface area (Å²) in [5, 5.41) is -0.512. The maximum absolute atomic E-state index is 12.8. The highest BCUT2D eigenvalue weighted by atomic mass is 127. The Balaban J connectivity index is 2.04. The highest BCUT2D eigenvalue weighted by Crippen LogP contribution is 2.23. The maximum Gasteiger partial charge on any atom is 0.245 e. The topological polar surface area (TPSA) is 26.3 Å². The van der Waals surface area contributed by atoms with E-state index in [1.54, 1.807) is 18.2 Å². The van der Waals surface area contributed by atoms with Crippen LogP contribution in [0, 0.1) is 9.39 Å². The minimum absolute atomic E-state index is 0.265. The van der Waals surface area contributed by atoms with Crippen LogP contribution in [0.1, 0.15) is 11.1 Å². The molecule has 0 saturated heterocycles. The van der Waals surface area contributed by atoms with E-state index in [1.807, 2.05) is 18.2 Å². The molecule has 0 spiro atoms. The van der Waals surface area contributed by atoms with Crippen molar-refractivity contribution in [2.45, 2.75) is 6.61 Å². The summed E-state index contributed by atoms with van der Waals surface area (Å²) in [6.07, 6.45) is 2.94. The minimum atomic E-state index is -0.512. The molecule has 0 heterocycles. The molecule has 2 aromatic carbocycles. The van der Waals surface area contributed by atoms with Gasteiger partial charge < -0.3 is 4.74 Å². The van der Waals surface area contributed by atoms with E-state index in [1.165, 1.54) is 18.2 Å². The Morgan fingerprint density at radius 2 is 1.95 bits per heavy atom. The molecule has 0 fully saturated rings. The van der Waals surface area contributed by atoms with Gasteiger partial charge in [-0.25, -0.2) is 4.39 Å². The van der Waals surface area contributed by atoms with Crippen molar-refractivity contribution in [2.24, 2.45) is 0 Å². The zero-order valence-electron chi connectivity index (χ0n) is 10.9. The predicted molar refractivity (Wildman–Crippen MR) is 89.8 cm³/mol. The molecule has 2 aromatic rings. The minimum Gasteiger partial charge on any atom is -0.488 e. The smallest absolute Gasteiger partial charge is 0.245 e. The van der Waals surface area contributed by atoms with Gasteiger partial charge in [-0.3, -0.25) is 4.79 Å². The standard InChI is InChI=1S/C16H11ClFIO2/c17-16(20)8-4-11-3-7-15(14(19)9-11)21-10-12-1-5-13(18)6-2-12/h1-9H,10H2/b8-4+. The summed E-state index contributed by atoms with van der Waals surface area (Å²) in [4.78, 5) is 10.7. The Morgan fingerprint density at radius 1 is 1.24 bits per heavy atom. The van der Waals surface area contributed by atoms with Crippen LogP contribution in [0.25, 0.3) is 6.08 Å². The number of hydrogen-bond acceptors (Lipinski definition) is 2. The first kappa shape index (κ1) is 16.0. The average molecular weight is 417 g/mol. The van der Waals surface area contributed by atoms with E-state index in [4.69, 9.17) is 16.3 Å². The third-order valence-corrected chi connectivity index (χ3v) is 3.64. The molecule has 0 bridgehead atoms. The normalized spacial score (nSPS) is 10.8. The van der Waals surface area contributed by atoms with E-state index < -0.39 is 5.24 Å². The Bertz CT molecular complexity index is 668. The Morgan fingerprint density at radius 3 is 2.57 bits per heavy atom. The zero-order chi connectivity index (χ0) is 15.2. The summed E-state index contributed by atoms with van der Waals surface area (Å²) >= 11 is 7.40. The van der Waals surface area contributed by atoms with Gasteiger partial charge >= 0.3 is 0 Å². The molecule has 21 heavy (non-hydrogen) atoms. The average Bonchev–Trinajstić information content (AvgIpc) is 2.46. The predicted octanol–water partition coefficient (Wildman–Crippen LogP) is 4.79. The SMILES string of the molecule is O=C(Cl)/C=C/c1ccc(OCc2ccc(F)cc2)c(I)c1. The molecule has 0 saturated carbocycles.